The van der Waals surface area contributed by atoms with Crippen LogP contribution < -0.4 is 5.73 Å². The average Bonchev–Trinajstić information content (AvgIpc) is 2.25. The molecule has 0 radical (unpaired) electrons. The highest BCUT2D eigenvalue weighted by atomic mass is 79.9. The maximum absolute atomic E-state index is 11.4. The quantitative estimate of drug-likeness (QED) is 0.551. The van der Waals surface area contributed by atoms with Crippen molar-refractivity contribution in [2.75, 3.05) is 11.1 Å². The van der Waals surface area contributed by atoms with Gasteiger partial charge in [-0.1, -0.05) is 15.9 Å². The molecular formula is C8H9BrN2O3S. The number of carbonyl (C=O) groups excluding carboxylic acids is 1. The van der Waals surface area contributed by atoms with Crippen LogP contribution in [0.25, 0.3) is 0 Å². The molecule has 1 saturated heterocycles. The third-order valence-electron chi connectivity index (χ3n) is 2.45. The normalized spacial score (nSPS) is 30.0. The molecule has 1 fully saturated rings. The Morgan fingerprint density at radius 2 is 2.40 bits per heavy atom. The summed E-state index contributed by atoms with van der Waals surface area (Å²) in [6, 6.07) is -0.554. The van der Waals surface area contributed by atoms with Gasteiger partial charge in [-0.05, 0) is 5.57 Å². The molecule has 2 atom stereocenters. The summed E-state index contributed by atoms with van der Waals surface area (Å²) in [7, 11) is 0. The van der Waals surface area contributed by atoms with E-state index in [0.29, 0.717) is 11.1 Å². The fourth-order valence-corrected chi connectivity index (χ4v) is 3.70. The Hall–Kier alpha value is -0.530. The van der Waals surface area contributed by atoms with E-state index in [4.69, 9.17) is 10.8 Å². The molecule has 15 heavy (non-hydrogen) atoms. The third kappa shape index (κ3) is 1.49. The fourth-order valence-electron chi connectivity index (χ4n) is 1.68. The predicted octanol–water partition coefficient (Wildman–Crippen LogP) is -0.0376. The van der Waals surface area contributed by atoms with Crippen LogP contribution in [0, 0.1) is 0 Å². The average molecular weight is 293 g/mol. The lowest BCUT2D eigenvalue weighted by Crippen LogP contribution is -2.68. The van der Waals surface area contributed by atoms with E-state index < -0.39 is 12.0 Å². The Kier molecular flexibility index (Phi) is 2.78. The lowest BCUT2D eigenvalue weighted by Gasteiger charge is -2.47. The molecule has 5 nitrogen and oxygen atoms in total. The highest BCUT2D eigenvalue weighted by Crippen LogP contribution is 2.39. The fraction of sp³-hybridized carbons (Fsp3) is 0.500. The molecule has 0 aliphatic carbocycles. The van der Waals surface area contributed by atoms with Gasteiger partial charge in [-0.15, -0.1) is 11.8 Å². The minimum absolute atomic E-state index is 0.0994. The number of hydrogen-bond donors (Lipinski definition) is 2. The second kappa shape index (κ2) is 3.80. The van der Waals surface area contributed by atoms with E-state index in [-0.39, 0.29) is 17.0 Å². The molecule has 7 heteroatoms. The van der Waals surface area contributed by atoms with Gasteiger partial charge in [0.25, 0.3) is 0 Å². The summed E-state index contributed by atoms with van der Waals surface area (Å²) >= 11 is 4.73. The van der Waals surface area contributed by atoms with Crippen molar-refractivity contribution in [3.63, 3.8) is 0 Å². The van der Waals surface area contributed by atoms with E-state index in [0.717, 1.165) is 5.57 Å². The maximum atomic E-state index is 11.4. The van der Waals surface area contributed by atoms with Gasteiger partial charge in [-0.3, -0.25) is 9.69 Å². The highest BCUT2D eigenvalue weighted by Gasteiger charge is 2.51. The number of β-lactam (4-membered cyclic amide) rings is 1. The van der Waals surface area contributed by atoms with Gasteiger partial charge in [-0.2, -0.15) is 0 Å². The second-order valence-electron chi connectivity index (χ2n) is 3.33. The van der Waals surface area contributed by atoms with Crippen LogP contribution in [-0.2, 0) is 9.59 Å². The van der Waals surface area contributed by atoms with Gasteiger partial charge in [0.15, 0.2) is 0 Å². The number of halogens is 1. The number of nitrogens with zero attached hydrogens (tertiary/aromatic N) is 1. The van der Waals surface area contributed by atoms with Gasteiger partial charge < -0.3 is 10.8 Å². The van der Waals surface area contributed by atoms with Crippen LogP contribution in [0.15, 0.2) is 11.3 Å². The summed E-state index contributed by atoms with van der Waals surface area (Å²) < 4.78 is 0. The van der Waals surface area contributed by atoms with Crippen molar-refractivity contribution in [3.05, 3.63) is 11.3 Å². The van der Waals surface area contributed by atoms with Gasteiger partial charge in [0.05, 0.1) is 0 Å². The molecule has 0 aromatic carbocycles. The number of alkyl halides is 1. The number of nitrogens with two attached hydrogens (primary N) is 1. The molecule has 1 amide bonds. The summed E-state index contributed by atoms with van der Waals surface area (Å²) in [5.41, 5.74) is 6.41. The molecule has 0 bridgehead atoms. The lowest BCUT2D eigenvalue weighted by molar-refractivity contribution is -0.147. The minimum Gasteiger partial charge on any atom is -0.477 e. The van der Waals surface area contributed by atoms with Crippen molar-refractivity contribution in [2.24, 2.45) is 5.73 Å². The number of fused-ring (bicyclic) bond motifs is 1. The Morgan fingerprint density at radius 1 is 1.73 bits per heavy atom. The molecule has 0 unspecified atom stereocenters. The van der Waals surface area contributed by atoms with E-state index in [1.54, 1.807) is 0 Å². The molecule has 2 heterocycles. The minimum atomic E-state index is -1.06. The predicted molar refractivity (Wildman–Crippen MR) is 59.5 cm³/mol. The van der Waals surface area contributed by atoms with Crippen LogP contribution in [0.4, 0.5) is 0 Å². The van der Waals surface area contributed by atoms with Crippen molar-refractivity contribution < 1.29 is 14.7 Å². The number of carboxylic acids is 1. The Bertz CT molecular complexity index is 371. The molecule has 82 valence electrons. The molecule has 2 aliphatic heterocycles. The number of carboxylic acid groups (broad SMARTS) is 1. The molecule has 0 saturated carbocycles. The number of aliphatic carboxylic acids is 1. The number of amides is 1. The SMILES string of the molecule is N[C@@H]1C(=O)N2C(C(=O)O)=C(CBr)CS[C@H]12. The van der Waals surface area contributed by atoms with Crippen LogP contribution in [0.1, 0.15) is 0 Å². The van der Waals surface area contributed by atoms with E-state index in [9.17, 15) is 9.59 Å². The summed E-state index contributed by atoms with van der Waals surface area (Å²) in [5.74, 6) is -0.757. The Morgan fingerprint density at radius 3 is 2.93 bits per heavy atom. The van der Waals surface area contributed by atoms with Gasteiger partial charge in [0.2, 0.25) is 5.91 Å². The van der Waals surface area contributed by atoms with Gasteiger partial charge >= 0.3 is 5.97 Å². The molecule has 0 spiro atoms. The number of thioether (sulfide) groups is 1. The highest BCUT2D eigenvalue weighted by molar-refractivity contribution is 9.09. The smallest absolute Gasteiger partial charge is 0.352 e. The van der Waals surface area contributed by atoms with Crippen LogP contribution in [0.5, 0.6) is 0 Å². The molecule has 0 aromatic heterocycles. The van der Waals surface area contributed by atoms with E-state index >= 15 is 0 Å². The standard InChI is InChI=1S/C8H9BrN2O3S/c9-1-3-2-15-7-4(10)6(12)11(7)5(3)8(13)14/h4,7H,1-2,10H2,(H,13,14)/t4-,7-/m1/s1. The summed E-state index contributed by atoms with van der Waals surface area (Å²) in [6.45, 7) is 0. The Labute approximate surface area is 98.8 Å². The third-order valence-corrected chi connectivity index (χ3v) is 4.49. The number of carbonyl (C=O) groups is 2. The van der Waals surface area contributed by atoms with Crippen molar-refractivity contribution in [2.45, 2.75) is 11.4 Å². The summed E-state index contributed by atoms with van der Waals surface area (Å²) in [4.78, 5) is 23.8. The van der Waals surface area contributed by atoms with Crippen molar-refractivity contribution in [1.29, 1.82) is 0 Å². The first kappa shape index (κ1) is 11.0. The molecule has 0 aromatic rings. The van der Waals surface area contributed by atoms with Gasteiger partial charge in [0.1, 0.15) is 17.1 Å². The molecule has 2 aliphatic rings. The first-order valence-electron chi connectivity index (χ1n) is 4.29. The van der Waals surface area contributed by atoms with Crippen LogP contribution in [0.3, 0.4) is 0 Å². The van der Waals surface area contributed by atoms with Gasteiger partial charge in [-0.25, -0.2) is 4.79 Å². The Balaban J connectivity index is 2.38. The second-order valence-corrected chi connectivity index (χ2v) is 4.99. The molecular weight excluding hydrogens is 284 g/mol. The monoisotopic (exact) mass is 292 g/mol. The first-order chi connectivity index (χ1) is 7.07. The van der Waals surface area contributed by atoms with E-state index in [1.165, 1.54) is 16.7 Å². The van der Waals surface area contributed by atoms with Crippen molar-refractivity contribution in [1.82, 2.24) is 4.90 Å². The number of hydrogen-bond acceptors (Lipinski definition) is 4. The molecule has 2 rings (SSSR count). The van der Waals surface area contributed by atoms with Crippen LogP contribution >= 0.6 is 27.7 Å². The number of rotatable bonds is 2. The van der Waals surface area contributed by atoms with Gasteiger partial charge in [0, 0.05) is 11.1 Å². The summed E-state index contributed by atoms with van der Waals surface area (Å²) in [6.07, 6.45) is 0. The van der Waals surface area contributed by atoms with E-state index in [2.05, 4.69) is 15.9 Å². The zero-order valence-corrected chi connectivity index (χ0v) is 10.0. The van der Waals surface area contributed by atoms with Crippen molar-refractivity contribution >= 4 is 39.6 Å². The lowest BCUT2D eigenvalue weighted by atomic mass is 10.0. The van der Waals surface area contributed by atoms with Crippen LogP contribution in [0.2, 0.25) is 0 Å². The zero-order chi connectivity index (χ0) is 11.2. The van der Waals surface area contributed by atoms with E-state index in [1.807, 2.05) is 0 Å². The van der Waals surface area contributed by atoms with Crippen molar-refractivity contribution in [3.8, 4) is 0 Å². The maximum Gasteiger partial charge on any atom is 0.352 e. The topological polar surface area (TPSA) is 83.6 Å². The first-order valence-corrected chi connectivity index (χ1v) is 6.46. The largest absolute Gasteiger partial charge is 0.477 e. The summed E-state index contributed by atoms with van der Waals surface area (Å²) in [5, 5.41) is 9.31. The van der Waals surface area contributed by atoms with Crippen LogP contribution in [-0.4, -0.2) is 44.4 Å². The molecule has 3 N–H and O–H groups in total. The zero-order valence-electron chi connectivity index (χ0n) is 7.64.